The van der Waals surface area contributed by atoms with E-state index in [4.69, 9.17) is 9.47 Å². The van der Waals surface area contributed by atoms with Gasteiger partial charge in [-0.15, -0.1) is 0 Å². The van der Waals surface area contributed by atoms with Gasteiger partial charge in [-0.1, -0.05) is 44.2 Å². The molecule has 1 aromatic carbocycles. The Hall–Kier alpha value is -2.08. The summed E-state index contributed by atoms with van der Waals surface area (Å²) in [6, 6.07) is 9.51. The monoisotopic (exact) mass is 390 g/mol. The van der Waals surface area contributed by atoms with E-state index >= 15 is 0 Å². The quantitative estimate of drug-likeness (QED) is 0.803. The van der Waals surface area contributed by atoms with E-state index in [1.165, 1.54) is 0 Å². The number of rotatable bonds is 6. The lowest BCUT2D eigenvalue weighted by Crippen LogP contribution is -2.54. The standard InChI is InChI=1S/C22H34N2O4/c1-16(2)19(23-21(26)28-22(3,4)5)20(25)24-13-11-18(12-14-24)27-15-17-9-7-6-8-10-17/h6-10,16,18-19H,11-15H2,1-5H3,(H,23,26)/t19-/m0/s1. The average molecular weight is 391 g/mol. The second-order valence-corrected chi connectivity index (χ2v) is 8.69. The Morgan fingerprint density at radius 3 is 2.29 bits per heavy atom. The minimum atomic E-state index is -0.594. The fourth-order valence-electron chi connectivity index (χ4n) is 3.18. The van der Waals surface area contributed by atoms with Crippen LogP contribution in [-0.2, 0) is 20.9 Å². The van der Waals surface area contributed by atoms with Gasteiger partial charge in [-0.25, -0.2) is 4.79 Å². The molecule has 0 radical (unpaired) electrons. The van der Waals surface area contributed by atoms with Crippen LogP contribution in [0.3, 0.4) is 0 Å². The van der Waals surface area contributed by atoms with Crippen LogP contribution in [0.15, 0.2) is 30.3 Å². The van der Waals surface area contributed by atoms with Crippen LogP contribution in [0.5, 0.6) is 0 Å². The summed E-state index contributed by atoms with van der Waals surface area (Å²) in [5.41, 5.74) is 0.561. The maximum atomic E-state index is 12.9. The second kappa shape index (κ2) is 9.92. The number of amides is 2. The lowest BCUT2D eigenvalue weighted by atomic mass is 10.0. The van der Waals surface area contributed by atoms with Crippen molar-refractivity contribution in [2.75, 3.05) is 13.1 Å². The molecule has 2 rings (SSSR count). The van der Waals surface area contributed by atoms with Crippen LogP contribution in [-0.4, -0.2) is 47.7 Å². The van der Waals surface area contributed by atoms with Crippen molar-refractivity contribution in [2.24, 2.45) is 5.92 Å². The molecule has 0 aromatic heterocycles. The first-order valence-electron chi connectivity index (χ1n) is 10.1. The summed E-state index contributed by atoms with van der Waals surface area (Å²) in [6.45, 7) is 11.1. The van der Waals surface area contributed by atoms with Crippen molar-refractivity contribution >= 4 is 12.0 Å². The third-order valence-corrected chi connectivity index (χ3v) is 4.69. The van der Waals surface area contributed by atoms with Crippen molar-refractivity contribution in [3.8, 4) is 0 Å². The zero-order valence-corrected chi connectivity index (χ0v) is 17.7. The molecule has 1 aliphatic rings. The topological polar surface area (TPSA) is 67.9 Å². The van der Waals surface area contributed by atoms with Crippen LogP contribution in [0.25, 0.3) is 0 Å². The fraction of sp³-hybridized carbons (Fsp3) is 0.636. The Labute approximate surface area is 168 Å². The van der Waals surface area contributed by atoms with Gasteiger partial charge in [-0.2, -0.15) is 0 Å². The first-order valence-corrected chi connectivity index (χ1v) is 10.1. The highest BCUT2D eigenvalue weighted by atomic mass is 16.6. The number of hydrogen-bond donors (Lipinski definition) is 1. The number of piperidine rings is 1. The molecule has 0 unspecified atom stereocenters. The van der Waals surface area contributed by atoms with Gasteiger partial charge in [0.1, 0.15) is 11.6 Å². The fourth-order valence-corrected chi connectivity index (χ4v) is 3.18. The van der Waals surface area contributed by atoms with Gasteiger partial charge in [0.25, 0.3) is 0 Å². The maximum absolute atomic E-state index is 12.9. The van der Waals surface area contributed by atoms with E-state index in [1.54, 1.807) is 20.8 Å². The van der Waals surface area contributed by atoms with Crippen LogP contribution in [0.2, 0.25) is 0 Å². The van der Waals surface area contributed by atoms with Crippen molar-refractivity contribution in [1.82, 2.24) is 10.2 Å². The molecule has 1 saturated heterocycles. The van der Waals surface area contributed by atoms with Crippen molar-refractivity contribution in [1.29, 1.82) is 0 Å². The molecule has 0 spiro atoms. The van der Waals surface area contributed by atoms with Crippen LogP contribution in [0.1, 0.15) is 53.0 Å². The molecule has 2 amide bonds. The number of nitrogens with one attached hydrogen (secondary N) is 1. The van der Waals surface area contributed by atoms with Crippen molar-refractivity contribution in [3.63, 3.8) is 0 Å². The van der Waals surface area contributed by atoms with Gasteiger partial charge in [0.05, 0.1) is 12.7 Å². The molecular weight excluding hydrogens is 356 g/mol. The number of benzene rings is 1. The predicted octanol–water partition coefficient (Wildman–Crippen LogP) is 3.74. The highest BCUT2D eigenvalue weighted by Crippen LogP contribution is 2.18. The number of carbonyl (C=O) groups is 2. The van der Waals surface area contributed by atoms with Gasteiger partial charge >= 0.3 is 6.09 Å². The molecule has 6 nitrogen and oxygen atoms in total. The molecule has 1 fully saturated rings. The molecule has 1 aromatic rings. The van der Waals surface area contributed by atoms with E-state index in [-0.39, 0.29) is 17.9 Å². The van der Waals surface area contributed by atoms with Crippen molar-refractivity contribution < 1.29 is 19.1 Å². The average Bonchev–Trinajstić information content (AvgIpc) is 2.63. The first-order chi connectivity index (χ1) is 13.2. The molecule has 1 aliphatic heterocycles. The number of likely N-dealkylation sites (tertiary alicyclic amines) is 1. The molecule has 1 N–H and O–H groups in total. The Balaban J connectivity index is 1.83. The summed E-state index contributed by atoms with van der Waals surface area (Å²) in [5.74, 6) is -0.0746. The van der Waals surface area contributed by atoms with E-state index in [0.717, 1.165) is 18.4 Å². The van der Waals surface area contributed by atoms with Crippen LogP contribution < -0.4 is 5.32 Å². The lowest BCUT2D eigenvalue weighted by Gasteiger charge is -2.35. The van der Waals surface area contributed by atoms with Crippen molar-refractivity contribution in [3.05, 3.63) is 35.9 Å². The largest absolute Gasteiger partial charge is 0.444 e. The van der Waals surface area contributed by atoms with E-state index in [0.29, 0.717) is 19.7 Å². The number of hydrogen-bond acceptors (Lipinski definition) is 4. The molecule has 0 aliphatic carbocycles. The highest BCUT2D eigenvalue weighted by molar-refractivity contribution is 5.86. The third-order valence-electron chi connectivity index (χ3n) is 4.69. The SMILES string of the molecule is CC(C)[C@H](NC(=O)OC(C)(C)C)C(=O)N1CCC(OCc2ccccc2)CC1. The molecule has 0 saturated carbocycles. The molecule has 0 bridgehead atoms. The van der Waals surface area contributed by atoms with Gasteiger partial charge in [0, 0.05) is 13.1 Å². The zero-order chi connectivity index (χ0) is 20.7. The number of ether oxygens (including phenoxy) is 2. The van der Waals surface area contributed by atoms with Crippen LogP contribution in [0.4, 0.5) is 4.79 Å². The molecule has 6 heteroatoms. The Kier molecular flexibility index (Phi) is 7.87. The van der Waals surface area contributed by atoms with E-state index in [9.17, 15) is 9.59 Å². The summed E-state index contributed by atoms with van der Waals surface area (Å²) >= 11 is 0. The molecule has 1 atom stereocenters. The van der Waals surface area contributed by atoms with E-state index in [1.807, 2.05) is 49.1 Å². The predicted molar refractivity (Wildman–Crippen MR) is 109 cm³/mol. The highest BCUT2D eigenvalue weighted by Gasteiger charge is 2.32. The lowest BCUT2D eigenvalue weighted by molar-refractivity contribution is -0.137. The van der Waals surface area contributed by atoms with Crippen LogP contribution in [0, 0.1) is 5.92 Å². The van der Waals surface area contributed by atoms with Crippen LogP contribution >= 0.6 is 0 Å². The van der Waals surface area contributed by atoms with E-state index < -0.39 is 17.7 Å². The molecule has 1 heterocycles. The molecule has 156 valence electrons. The maximum Gasteiger partial charge on any atom is 0.408 e. The zero-order valence-electron chi connectivity index (χ0n) is 17.7. The molecule has 28 heavy (non-hydrogen) atoms. The van der Waals surface area contributed by atoms with Gasteiger partial charge in [-0.3, -0.25) is 4.79 Å². The smallest absolute Gasteiger partial charge is 0.408 e. The van der Waals surface area contributed by atoms with Crippen molar-refractivity contribution in [2.45, 2.75) is 71.8 Å². The summed E-state index contributed by atoms with van der Waals surface area (Å²) in [6.07, 6.45) is 1.20. The number of carbonyl (C=O) groups excluding carboxylic acids is 2. The molecular formula is C22H34N2O4. The van der Waals surface area contributed by atoms with Gasteiger partial charge in [0.15, 0.2) is 0 Å². The Morgan fingerprint density at radius 2 is 1.75 bits per heavy atom. The first kappa shape index (κ1) is 22.2. The summed E-state index contributed by atoms with van der Waals surface area (Å²) < 4.78 is 11.3. The minimum absolute atomic E-state index is 0.0212. The normalized spacial score (nSPS) is 16.7. The summed E-state index contributed by atoms with van der Waals surface area (Å²) in [4.78, 5) is 26.9. The van der Waals surface area contributed by atoms with Gasteiger partial charge < -0.3 is 19.7 Å². The van der Waals surface area contributed by atoms with Gasteiger partial charge in [-0.05, 0) is 45.1 Å². The van der Waals surface area contributed by atoms with E-state index in [2.05, 4.69) is 5.32 Å². The number of alkyl carbamates (subject to hydrolysis) is 1. The number of nitrogens with zero attached hydrogens (tertiary/aromatic N) is 1. The second-order valence-electron chi connectivity index (χ2n) is 8.69. The Bertz CT molecular complexity index is 632. The summed E-state index contributed by atoms with van der Waals surface area (Å²) in [7, 11) is 0. The third kappa shape index (κ3) is 7.15. The minimum Gasteiger partial charge on any atom is -0.444 e. The Morgan fingerprint density at radius 1 is 1.14 bits per heavy atom. The summed E-state index contributed by atoms with van der Waals surface area (Å²) in [5, 5.41) is 2.74. The van der Waals surface area contributed by atoms with Gasteiger partial charge in [0.2, 0.25) is 5.91 Å².